The molecule has 1 fully saturated rings. The van der Waals surface area contributed by atoms with Crippen LogP contribution in [0.15, 0.2) is 36.4 Å². The van der Waals surface area contributed by atoms with Crippen LogP contribution in [0, 0.1) is 12.8 Å². The Morgan fingerprint density at radius 1 is 1.03 bits per heavy atom. The van der Waals surface area contributed by atoms with Crippen molar-refractivity contribution in [3.63, 3.8) is 0 Å². The monoisotopic (exact) mass is 398 g/mol. The number of nitrogens with one attached hydrogen (secondary N) is 1. The van der Waals surface area contributed by atoms with Gasteiger partial charge in [-0.15, -0.1) is 0 Å². The van der Waals surface area contributed by atoms with Crippen molar-refractivity contribution >= 4 is 17.5 Å². The van der Waals surface area contributed by atoms with Crippen molar-refractivity contribution in [3.8, 4) is 17.2 Å². The Kier molecular flexibility index (Phi) is 6.26. The maximum Gasteiger partial charge on any atom is 0.254 e. The van der Waals surface area contributed by atoms with E-state index in [1.807, 2.05) is 13.0 Å². The minimum atomic E-state index is -0.209. The Morgan fingerprint density at radius 3 is 2.21 bits per heavy atom. The van der Waals surface area contributed by atoms with E-state index >= 15 is 0 Å². The fourth-order valence-electron chi connectivity index (χ4n) is 3.44. The molecule has 2 N–H and O–H groups in total. The second-order valence-electron chi connectivity index (χ2n) is 7.18. The average Bonchev–Trinajstić information content (AvgIpc) is 2.74. The predicted molar refractivity (Wildman–Crippen MR) is 110 cm³/mol. The van der Waals surface area contributed by atoms with Gasteiger partial charge in [0.15, 0.2) is 0 Å². The predicted octanol–water partition coefficient (Wildman–Crippen LogP) is 3.21. The summed E-state index contributed by atoms with van der Waals surface area (Å²) in [6.45, 7) is 2.84. The number of hydrogen-bond acceptors (Lipinski definition) is 5. The smallest absolute Gasteiger partial charge is 0.254 e. The van der Waals surface area contributed by atoms with Crippen LogP contribution >= 0.6 is 0 Å². The highest BCUT2D eigenvalue weighted by Crippen LogP contribution is 2.28. The summed E-state index contributed by atoms with van der Waals surface area (Å²) in [5, 5.41) is 12.8. The topological polar surface area (TPSA) is 88.1 Å². The summed E-state index contributed by atoms with van der Waals surface area (Å²) in [5.41, 5.74) is 1.82. The highest BCUT2D eigenvalue weighted by atomic mass is 16.5. The maximum atomic E-state index is 12.9. The fraction of sp³-hybridized carbons (Fsp3) is 0.364. The van der Waals surface area contributed by atoms with E-state index in [0.717, 1.165) is 5.56 Å². The highest BCUT2D eigenvalue weighted by molar-refractivity contribution is 5.96. The molecule has 7 nitrogen and oxygen atoms in total. The molecule has 0 saturated carbocycles. The van der Waals surface area contributed by atoms with Crippen molar-refractivity contribution in [1.29, 1.82) is 0 Å². The summed E-state index contributed by atoms with van der Waals surface area (Å²) < 4.78 is 10.5. The number of aryl methyl sites for hydroxylation is 1. The number of aromatic hydroxyl groups is 1. The molecule has 154 valence electrons. The van der Waals surface area contributed by atoms with Crippen LogP contribution in [0.3, 0.4) is 0 Å². The van der Waals surface area contributed by atoms with Gasteiger partial charge in [0.1, 0.15) is 17.2 Å². The summed E-state index contributed by atoms with van der Waals surface area (Å²) in [4.78, 5) is 27.2. The molecule has 1 aliphatic rings. The summed E-state index contributed by atoms with van der Waals surface area (Å²) in [6.07, 6.45) is 1.12. The van der Waals surface area contributed by atoms with Gasteiger partial charge in [-0.25, -0.2) is 0 Å². The van der Waals surface area contributed by atoms with E-state index in [2.05, 4.69) is 5.32 Å². The van der Waals surface area contributed by atoms with Crippen LogP contribution in [-0.4, -0.2) is 49.1 Å². The zero-order valence-corrected chi connectivity index (χ0v) is 16.9. The molecule has 2 aromatic carbocycles. The Hall–Kier alpha value is -3.22. The minimum Gasteiger partial charge on any atom is -0.506 e. The molecule has 0 spiro atoms. The number of anilines is 1. The van der Waals surface area contributed by atoms with E-state index < -0.39 is 0 Å². The molecule has 2 aromatic rings. The third-order valence-electron chi connectivity index (χ3n) is 5.16. The van der Waals surface area contributed by atoms with Crippen molar-refractivity contribution in [3.05, 3.63) is 47.5 Å². The van der Waals surface area contributed by atoms with Gasteiger partial charge in [-0.1, -0.05) is 6.07 Å². The molecule has 0 unspecified atom stereocenters. The lowest BCUT2D eigenvalue weighted by atomic mass is 9.95. The van der Waals surface area contributed by atoms with Gasteiger partial charge in [0.25, 0.3) is 5.91 Å². The fourth-order valence-corrected chi connectivity index (χ4v) is 3.44. The van der Waals surface area contributed by atoms with E-state index in [-0.39, 0.29) is 23.5 Å². The number of ether oxygens (including phenoxy) is 2. The first kappa shape index (κ1) is 20.5. The molecule has 3 rings (SSSR count). The maximum absolute atomic E-state index is 12.9. The van der Waals surface area contributed by atoms with E-state index in [4.69, 9.17) is 9.47 Å². The van der Waals surface area contributed by atoms with Crippen LogP contribution in [0.2, 0.25) is 0 Å². The quantitative estimate of drug-likeness (QED) is 0.755. The number of amides is 2. The third-order valence-corrected chi connectivity index (χ3v) is 5.16. The number of rotatable bonds is 5. The molecule has 7 heteroatoms. The molecule has 1 saturated heterocycles. The summed E-state index contributed by atoms with van der Waals surface area (Å²) in [7, 11) is 3.08. The lowest BCUT2D eigenvalue weighted by Crippen LogP contribution is -2.41. The minimum absolute atomic E-state index is 0.0536. The number of methoxy groups -OCH3 is 2. The van der Waals surface area contributed by atoms with Crippen molar-refractivity contribution in [2.45, 2.75) is 19.8 Å². The zero-order valence-electron chi connectivity index (χ0n) is 16.9. The first-order valence-electron chi connectivity index (χ1n) is 9.54. The van der Waals surface area contributed by atoms with Crippen LogP contribution in [0.25, 0.3) is 0 Å². The van der Waals surface area contributed by atoms with Crippen LogP contribution in [0.1, 0.15) is 28.8 Å². The van der Waals surface area contributed by atoms with Gasteiger partial charge < -0.3 is 24.8 Å². The second kappa shape index (κ2) is 8.86. The number of likely N-dealkylation sites (tertiary alicyclic amines) is 1. The number of nitrogens with zero attached hydrogens (tertiary/aromatic N) is 1. The average molecular weight is 398 g/mol. The SMILES string of the molecule is COc1cc(OC)cc(C(=O)N2CCC(C(=O)Nc3ccc(C)cc3O)CC2)c1. The summed E-state index contributed by atoms with van der Waals surface area (Å²) in [5.74, 6) is 0.703. The molecule has 0 aromatic heterocycles. The normalized spacial score (nSPS) is 14.4. The van der Waals surface area contributed by atoms with Crippen molar-refractivity contribution in [2.75, 3.05) is 32.6 Å². The van der Waals surface area contributed by atoms with Crippen molar-refractivity contribution in [2.24, 2.45) is 5.92 Å². The van der Waals surface area contributed by atoms with Crippen LogP contribution < -0.4 is 14.8 Å². The standard InChI is InChI=1S/C22H26N2O5/c1-14-4-5-19(20(25)10-14)23-21(26)15-6-8-24(9-7-15)22(27)16-11-17(28-2)13-18(12-16)29-3/h4-5,10-13,15,25H,6-9H2,1-3H3,(H,23,26). The van der Waals surface area contributed by atoms with Gasteiger partial charge in [-0.2, -0.15) is 0 Å². The molecule has 0 bridgehead atoms. The Labute approximate surface area is 170 Å². The largest absolute Gasteiger partial charge is 0.506 e. The number of phenols is 1. The van der Waals surface area contributed by atoms with Crippen LogP contribution in [0.5, 0.6) is 17.2 Å². The van der Waals surface area contributed by atoms with E-state index in [1.165, 1.54) is 0 Å². The number of hydrogen-bond donors (Lipinski definition) is 2. The Balaban J connectivity index is 1.61. The zero-order chi connectivity index (χ0) is 21.0. The lowest BCUT2D eigenvalue weighted by Gasteiger charge is -2.31. The summed E-state index contributed by atoms with van der Waals surface area (Å²) in [6, 6.07) is 10.2. The first-order chi connectivity index (χ1) is 13.9. The van der Waals surface area contributed by atoms with E-state index in [9.17, 15) is 14.7 Å². The van der Waals surface area contributed by atoms with Gasteiger partial charge in [-0.05, 0) is 49.6 Å². The van der Waals surface area contributed by atoms with E-state index in [0.29, 0.717) is 48.7 Å². The number of piperidine rings is 1. The first-order valence-corrected chi connectivity index (χ1v) is 9.54. The number of benzene rings is 2. The number of carbonyl (C=O) groups is 2. The van der Waals surface area contributed by atoms with Crippen molar-refractivity contribution in [1.82, 2.24) is 4.90 Å². The van der Waals surface area contributed by atoms with E-state index in [1.54, 1.807) is 49.5 Å². The van der Waals surface area contributed by atoms with Gasteiger partial charge in [-0.3, -0.25) is 9.59 Å². The Bertz CT molecular complexity index is 882. The molecular formula is C22H26N2O5. The van der Waals surface area contributed by atoms with Crippen LogP contribution in [-0.2, 0) is 4.79 Å². The van der Waals surface area contributed by atoms with Crippen LogP contribution in [0.4, 0.5) is 5.69 Å². The van der Waals surface area contributed by atoms with Gasteiger partial charge >= 0.3 is 0 Å². The second-order valence-corrected chi connectivity index (χ2v) is 7.18. The lowest BCUT2D eigenvalue weighted by molar-refractivity contribution is -0.121. The number of carbonyl (C=O) groups excluding carboxylic acids is 2. The molecule has 1 heterocycles. The molecule has 29 heavy (non-hydrogen) atoms. The third kappa shape index (κ3) is 4.80. The molecule has 0 radical (unpaired) electrons. The molecule has 0 atom stereocenters. The molecular weight excluding hydrogens is 372 g/mol. The Morgan fingerprint density at radius 2 is 1.66 bits per heavy atom. The van der Waals surface area contributed by atoms with Crippen molar-refractivity contribution < 1.29 is 24.2 Å². The van der Waals surface area contributed by atoms with Gasteiger partial charge in [0.2, 0.25) is 5.91 Å². The molecule has 2 amide bonds. The van der Waals surface area contributed by atoms with Gasteiger partial charge in [0, 0.05) is 30.6 Å². The summed E-state index contributed by atoms with van der Waals surface area (Å²) >= 11 is 0. The highest BCUT2D eigenvalue weighted by Gasteiger charge is 2.28. The molecule has 1 aliphatic heterocycles. The molecule has 0 aliphatic carbocycles. The number of phenolic OH excluding ortho intramolecular Hbond substituents is 1. The van der Waals surface area contributed by atoms with Gasteiger partial charge in [0.05, 0.1) is 19.9 Å².